The molecule has 1 amide bonds. The van der Waals surface area contributed by atoms with E-state index >= 15 is 0 Å². The number of likely N-dealkylation sites (tertiary alicyclic amines) is 1. The van der Waals surface area contributed by atoms with Gasteiger partial charge in [0.15, 0.2) is 0 Å². The lowest BCUT2D eigenvalue weighted by Gasteiger charge is -2.43. The van der Waals surface area contributed by atoms with Gasteiger partial charge in [-0.3, -0.25) is 9.28 Å². The molecule has 4 nitrogen and oxygen atoms in total. The third-order valence-electron chi connectivity index (χ3n) is 6.67. The number of carbonyl (C=O) groups is 1. The molecule has 0 aromatic heterocycles. The van der Waals surface area contributed by atoms with Gasteiger partial charge >= 0.3 is 0 Å². The van der Waals surface area contributed by atoms with Crippen molar-refractivity contribution in [3.8, 4) is 0 Å². The molecule has 0 saturated carbocycles. The molecule has 2 aliphatic rings. The normalized spacial score (nSPS) is 27.1. The van der Waals surface area contributed by atoms with Crippen LogP contribution in [0.3, 0.4) is 0 Å². The predicted molar refractivity (Wildman–Crippen MR) is 112 cm³/mol. The summed E-state index contributed by atoms with van der Waals surface area (Å²) in [7, 11) is 0. The molecule has 148 valence electrons. The first kappa shape index (κ1) is 19.1. The van der Waals surface area contributed by atoms with E-state index in [1.54, 1.807) is 6.07 Å². The van der Waals surface area contributed by atoms with Crippen molar-refractivity contribution in [3.05, 3.63) is 59.4 Å². The summed E-state index contributed by atoms with van der Waals surface area (Å²) < 4.78 is 14.6. The molecule has 0 radical (unpaired) electrons. The third kappa shape index (κ3) is 3.33. The maximum atomic E-state index is 13.5. The van der Waals surface area contributed by atoms with E-state index in [1.807, 2.05) is 19.1 Å². The Morgan fingerprint density at radius 2 is 1.96 bits per heavy atom. The molecule has 2 aromatic rings. The number of benzene rings is 2. The molecule has 3 unspecified atom stereocenters. The van der Waals surface area contributed by atoms with Crippen LogP contribution in [0.25, 0.3) is 0 Å². The number of quaternary nitrogens is 1. The Kier molecular flexibility index (Phi) is 5.21. The summed E-state index contributed by atoms with van der Waals surface area (Å²) in [6, 6.07) is 13.8. The number of nitrogens with one attached hydrogen (secondary N) is 2. The fourth-order valence-electron chi connectivity index (χ4n) is 5.13. The monoisotopic (exact) mass is 382 g/mol. The highest BCUT2D eigenvalue weighted by atomic mass is 19.1. The van der Waals surface area contributed by atoms with Crippen molar-refractivity contribution >= 4 is 17.3 Å². The molecular weight excluding hydrogens is 353 g/mol. The fourth-order valence-corrected chi connectivity index (χ4v) is 5.13. The molecule has 2 aromatic carbocycles. The number of halogens is 1. The van der Waals surface area contributed by atoms with E-state index in [1.165, 1.54) is 43.6 Å². The molecule has 2 aliphatic heterocycles. The van der Waals surface area contributed by atoms with Crippen molar-refractivity contribution < 1.29 is 9.18 Å². The second-order valence-electron chi connectivity index (χ2n) is 8.25. The third-order valence-corrected chi connectivity index (χ3v) is 6.67. The van der Waals surface area contributed by atoms with Crippen molar-refractivity contribution in [3.63, 3.8) is 0 Å². The summed E-state index contributed by atoms with van der Waals surface area (Å²) in [6.45, 7) is 7.53. The van der Waals surface area contributed by atoms with Gasteiger partial charge in [-0.25, -0.2) is 4.39 Å². The Balaban J connectivity index is 1.56. The molecule has 2 saturated heterocycles. The van der Waals surface area contributed by atoms with Crippen LogP contribution >= 0.6 is 0 Å². The van der Waals surface area contributed by atoms with E-state index in [2.05, 4.69) is 29.7 Å². The number of rotatable bonds is 4. The molecule has 0 aliphatic carbocycles. The highest BCUT2D eigenvalue weighted by Gasteiger charge is 2.47. The molecule has 3 atom stereocenters. The van der Waals surface area contributed by atoms with Crippen LogP contribution in [0, 0.1) is 12.7 Å². The number of carbonyl (C=O) groups excluding carboxylic acids is 1. The number of hydrogen-bond donors (Lipinski definition) is 2. The standard InChI is InChI=1S/C23H28FN3O/c1-16-5-6-18(24)14-22(16)23(28)26-19-7-9-20(10-8-19)27(13-3-4-17(27)2)21-11-12-25-15-21/h5-10,14,17,21,25H,3-4,11-13,15H2,1-2H3/p+1. The average Bonchev–Trinajstić information content (AvgIpc) is 3.35. The van der Waals surface area contributed by atoms with Gasteiger partial charge in [0.25, 0.3) is 5.91 Å². The van der Waals surface area contributed by atoms with Gasteiger partial charge in [-0.1, -0.05) is 6.07 Å². The van der Waals surface area contributed by atoms with Gasteiger partial charge in [0.05, 0.1) is 12.6 Å². The zero-order chi connectivity index (χ0) is 19.7. The van der Waals surface area contributed by atoms with Gasteiger partial charge in [-0.05, 0) is 43.7 Å². The van der Waals surface area contributed by atoms with Gasteiger partial charge in [-0.15, -0.1) is 0 Å². The largest absolute Gasteiger partial charge is 0.322 e. The van der Waals surface area contributed by atoms with Crippen LogP contribution in [-0.4, -0.2) is 37.6 Å². The van der Waals surface area contributed by atoms with Gasteiger partial charge in [0.2, 0.25) is 0 Å². The molecule has 4 rings (SSSR count). The quantitative estimate of drug-likeness (QED) is 0.777. The second-order valence-corrected chi connectivity index (χ2v) is 8.25. The number of aryl methyl sites for hydroxylation is 1. The SMILES string of the molecule is Cc1ccc(F)cc1C(=O)Nc1ccc([N+]2(C3CCNC3)CCCC2C)cc1. The zero-order valence-corrected chi connectivity index (χ0v) is 16.7. The zero-order valence-electron chi connectivity index (χ0n) is 16.7. The van der Waals surface area contributed by atoms with E-state index < -0.39 is 5.82 Å². The van der Waals surface area contributed by atoms with Gasteiger partial charge in [0, 0.05) is 55.7 Å². The van der Waals surface area contributed by atoms with Crippen LogP contribution in [0.4, 0.5) is 15.8 Å². The van der Waals surface area contributed by atoms with E-state index in [4.69, 9.17) is 0 Å². The van der Waals surface area contributed by atoms with E-state index in [9.17, 15) is 9.18 Å². The van der Waals surface area contributed by atoms with Crippen LogP contribution in [0.2, 0.25) is 0 Å². The number of hydrogen-bond acceptors (Lipinski definition) is 2. The second kappa shape index (κ2) is 7.64. The minimum Gasteiger partial charge on any atom is -0.322 e. The fraction of sp³-hybridized carbons (Fsp3) is 0.435. The minimum absolute atomic E-state index is 0.275. The van der Waals surface area contributed by atoms with Crippen molar-refractivity contribution in [1.29, 1.82) is 0 Å². The number of anilines is 1. The maximum absolute atomic E-state index is 13.5. The Labute approximate surface area is 166 Å². The van der Waals surface area contributed by atoms with Crippen LogP contribution < -0.4 is 15.1 Å². The lowest BCUT2D eigenvalue weighted by Crippen LogP contribution is -2.59. The van der Waals surface area contributed by atoms with Crippen molar-refractivity contribution in [2.75, 3.05) is 25.0 Å². The lowest BCUT2D eigenvalue weighted by atomic mass is 10.1. The van der Waals surface area contributed by atoms with Gasteiger partial charge in [0.1, 0.15) is 17.5 Å². The first-order chi connectivity index (χ1) is 13.5. The van der Waals surface area contributed by atoms with Crippen LogP contribution in [0.1, 0.15) is 42.1 Å². The summed E-state index contributed by atoms with van der Waals surface area (Å²) in [5.41, 5.74) is 3.21. The first-order valence-electron chi connectivity index (χ1n) is 10.3. The molecule has 2 heterocycles. The van der Waals surface area contributed by atoms with Crippen molar-refractivity contribution in [1.82, 2.24) is 9.80 Å². The van der Waals surface area contributed by atoms with E-state index in [0.29, 0.717) is 17.6 Å². The Bertz CT molecular complexity index is 861. The summed E-state index contributed by atoms with van der Waals surface area (Å²) in [4.78, 5) is 12.6. The molecular formula is C23H29FN3O+. The summed E-state index contributed by atoms with van der Waals surface area (Å²) in [5, 5.41) is 6.44. The summed E-state index contributed by atoms with van der Waals surface area (Å²) in [5.74, 6) is -0.672. The van der Waals surface area contributed by atoms with Gasteiger partial charge in [-0.2, -0.15) is 0 Å². The maximum Gasteiger partial charge on any atom is 0.256 e. The Hall–Kier alpha value is -2.24. The van der Waals surface area contributed by atoms with Crippen LogP contribution in [-0.2, 0) is 0 Å². The lowest BCUT2D eigenvalue weighted by molar-refractivity contribution is 0.102. The first-order valence-corrected chi connectivity index (χ1v) is 10.3. The van der Waals surface area contributed by atoms with E-state index in [0.717, 1.165) is 28.8 Å². The average molecular weight is 383 g/mol. The number of amides is 1. The summed E-state index contributed by atoms with van der Waals surface area (Å²) >= 11 is 0. The van der Waals surface area contributed by atoms with Crippen molar-refractivity contribution in [2.45, 2.75) is 45.2 Å². The molecule has 28 heavy (non-hydrogen) atoms. The molecule has 0 bridgehead atoms. The van der Waals surface area contributed by atoms with Gasteiger partial charge < -0.3 is 10.6 Å². The van der Waals surface area contributed by atoms with Crippen LogP contribution in [0.15, 0.2) is 42.5 Å². The smallest absolute Gasteiger partial charge is 0.256 e. The molecule has 0 spiro atoms. The predicted octanol–water partition coefficient (Wildman–Crippen LogP) is 4.24. The minimum atomic E-state index is -0.397. The highest BCUT2D eigenvalue weighted by molar-refractivity contribution is 6.05. The van der Waals surface area contributed by atoms with E-state index in [-0.39, 0.29) is 5.91 Å². The van der Waals surface area contributed by atoms with Crippen molar-refractivity contribution in [2.24, 2.45) is 0 Å². The highest BCUT2D eigenvalue weighted by Crippen LogP contribution is 2.39. The topological polar surface area (TPSA) is 41.1 Å². The Morgan fingerprint density at radius 3 is 2.61 bits per heavy atom. The number of nitrogens with zero attached hydrogens (tertiary/aromatic N) is 1. The molecule has 5 heteroatoms. The molecule has 2 N–H and O–H groups in total. The van der Waals surface area contributed by atoms with Crippen LogP contribution in [0.5, 0.6) is 0 Å². The Morgan fingerprint density at radius 1 is 1.18 bits per heavy atom. The summed E-state index contributed by atoms with van der Waals surface area (Å²) in [6.07, 6.45) is 3.73. The molecule has 2 fully saturated rings.